The Labute approximate surface area is 153 Å². The molecule has 4 rings (SSSR count). The van der Waals surface area contributed by atoms with Gasteiger partial charge in [-0.2, -0.15) is 0 Å². The number of piperidine rings is 1. The van der Waals surface area contributed by atoms with Crippen LogP contribution in [0.2, 0.25) is 0 Å². The Hall–Kier alpha value is -2.83. The quantitative estimate of drug-likeness (QED) is 0.767. The molecule has 2 heterocycles. The maximum absolute atomic E-state index is 11.7. The highest BCUT2D eigenvalue weighted by Crippen LogP contribution is 2.23. The van der Waals surface area contributed by atoms with E-state index in [2.05, 4.69) is 55.3 Å². The van der Waals surface area contributed by atoms with Crippen molar-refractivity contribution in [3.63, 3.8) is 0 Å². The van der Waals surface area contributed by atoms with E-state index in [0.29, 0.717) is 17.7 Å². The smallest absolute Gasteiger partial charge is 0.320 e. The van der Waals surface area contributed by atoms with E-state index in [9.17, 15) is 4.79 Å². The summed E-state index contributed by atoms with van der Waals surface area (Å²) in [5, 5.41) is 16.9. The Kier molecular flexibility index (Phi) is 4.86. The summed E-state index contributed by atoms with van der Waals surface area (Å²) >= 11 is 0. The van der Waals surface area contributed by atoms with E-state index in [0.717, 1.165) is 31.6 Å². The second kappa shape index (κ2) is 7.59. The molecule has 0 radical (unpaired) electrons. The molecular weight excluding hydrogens is 328 g/mol. The van der Waals surface area contributed by atoms with Crippen LogP contribution in [0.3, 0.4) is 0 Å². The van der Waals surface area contributed by atoms with Crippen molar-refractivity contribution in [2.45, 2.75) is 38.1 Å². The molecule has 2 fully saturated rings. The monoisotopic (exact) mass is 352 g/mol. The summed E-state index contributed by atoms with van der Waals surface area (Å²) in [6.07, 6.45) is 5.99. The summed E-state index contributed by atoms with van der Waals surface area (Å²) in [6.45, 7) is 2.28. The number of carbonyl (C=O) groups is 1. The summed E-state index contributed by atoms with van der Waals surface area (Å²) in [7, 11) is 0. The van der Waals surface area contributed by atoms with Crippen LogP contribution >= 0.6 is 0 Å². The van der Waals surface area contributed by atoms with Gasteiger partial charge in [0.25, 0.3) is 0 Å². The molecule has 0 unspecified atom stereocenters. The fourth-order valence-electron chi connectivity index (χ4n) is 3.09. The van der Waals surface area contributed by atoms with Crippen LogP contribution in [0, 0.1) is 0 Å². The fraction of sp³-hybridized carbons (Fsp3) is 0.421. The zero-order valence-electron chi connectivity index (χ0n) is 14.7. The maximum atomic E-state index is 11.7. The largest absolute Gasteiger partial charge is 0.372 e. The zero-order chi connectivity index (χ0) is 17.8. The number of nitrogens with one attached hydrogen (secondary N) is 3. The number of benzene rings is 1. The van der Waals surface area contributed by atoms with Gasteiger partial charge in [0.2, 0.25) is 0 Å². The van der Waals surface area contributed by atoms with Crippen molar-refractivity contribution < 1.29 is 4.79 Å². The molecule has 2 aromatic rings. The predicted molar refractivity (Wildman–Crippen MR) is 103 cm³/mol. The highest BCUT2D eigenvalue weighted by Gasteiger charge is 2.23. The van der Waals surface area contributed by atoms with E-state index in [-0.39, 0.29) is 6.03 Å². The Morgan fingerprint density at radius 2 is 1.62 bits per heavy atom. The van der Waals surface area contributed by atoms with Gasteiger partial charge >= 0.3 is 6.03 Å². The average Bonchev–Trinajstić information content (AvgIpc) is 3.48. The lowest BCUT2D eigenvalue weighted by Gasteiger charge is -2.28. The van der Waals surface area contributed by atoms with Gasteiger partial charge in [0.05, 0.1) is 0 Å². The Balaban J connectivity index is 1.32. The minimum absolute atomic E-state index is 0.226. The molecule has 7 heteroatoms. The van der Waals surface area contributed by atoms with Gasteiger partial charge < -0.3 is 15.5 Å². The first-order chi connectivity index (χ1) is 12.8. The third kappa shape index (κ3) is 4.41. The number of carbonyl (C=O) groups excluding carboxylic acids is 1. The van der Waals surface area contributed by atoms with Crippen molar-refractivity contribution in [3.8, 4) is 0 Å². The first-order valence-corrected chi connectivity index (χ1v) is 9.29. The van der Waals surface area contributed by atoms with Crippen molar-refractivity contribution >= 4 is 29.0 Å². The van der Waals surface area contributed by atoms with Crippen molar-refractivity contribution in [1.29, 1.82) is 0 Å². The van der Waals surface area contributed by atoms with Gasteiger partial charge in [-0.05, 0) is 68.5 Å². The highest BCUT2D eigenvalue weighted by atomic mass is 16.2. The molecular formula is C19H24N6O. The van der Waals surface area contributed by atoms with Gasteiger partial charge in [-0.1, -0.05) is 0 Å². The Bertz CT molecular complexity index is 736. The summed E-state index contributed by atoms with van der Waals surface area (Å²) in [5.74, 6) is 1.08. The SMILES string of the molecule is O=C(Nc1ccc(Nc2ccc(N3CCCCC3)cc2)nn1)NC1CC1. The Morgan fingerprint density at radius 1 is 0.923 bits per heavy atom. The van der Waals surface area contributed by atoms with Crippen LogP contribution in [0.4, 0.5) is 27.8 Å². The molecule has 0 bridgehead atoms. The minimum Gasteiger partial charge on any atom is -0.372 e. The molecule has 7 nitrogen and oxygen atoms in total. The van der Waals surface area contributed by atoms with Gasteiger partial charge in [-0.25, -0.2) is 4.79 Å². The van der Waals surface area contributed by atoms with E-state index in [1.165, 1.54) is 24.9 Å². The van der Waals surface area contributed by atoms with Crippen LogP contribution in [0.15, 0.2) is 36.4 Å². The second-order valence-corrected chi connectivity index (χ2v) is 6.90. The molecule has 2 aliphatic rings. The number of urea groups is 1. The zero-order valence-corrected chi connectivity index (χ0v) is 14.7. The van der Waals surface area contributed by atoms with Crippen molar-refractivity contribution in [2.24, 2.45) is 0 Å². The molecule has 0 atom stereocenters. The molecule has 1 aromatic carbocycles. The Morgan fingerprint density at radius 3 is 2.27 bits per heavy atom. The first-order valence-electron chi connectivity index (χ1n) is 9.29. The van der Waals surface area contributed by atoms with Crippen LogP contribution < -0.4 is 20.9 Å². The molecule has 1 saturated heterocycles. The number of anilines is 4. The van der Waals surface area contributed by atoms with Gasteiger partial charge in [0.1, 0.15) is 0 Å². The summed E-state index contributed by atoms with van der Waals surface area (Å²) in [6, 6.07) is 12.0. The predicted octanol–water partition coefficient (Wildman–Crippen LogP) is 3.49. The summed E-state index contributed by atoms with van der Waals surface area (Å²) < 4.78 is 0. The van der Waals surface area contributed by atoms with Gasteiger partial charge in [0, 0.05) is 30.5 Å². The number of amides is 2. The topological polar surface area (TPSA) is 82.2 Å². The van der Waals surface area contributed by atoms with E-state index in [1.807, 2.05) is 0 Å². The third-order valence-corrected chi connectivity index (χ3v) is 4.68. The van der Waals surface area contributed by atoms with Crippen LogP contribution in [0.1, 0.15) is 32.1 Å². The standard InChI is InChI=1S/C19H24N6O/c26-19(21-15-4-5-15)22-18-11-10-17(23-24-18)20-14-6-8-16(9-7-14)25-12-2-1-3-13-25/h6-11,15H,1-5,12-13H2,(H,20,23)(H2,21,22,24,26). The van der Waals surface area contributed by atoms with Gasteiger partial charge in [-0.15, -0.1) is 10.2 Å². The molecule has 1 aromatic heterocycles. The highest BCUT2D eigenvalue weighted by molar-refractivity contribution is 5.88. The van der Waals surface area contributed by atoms with Crippen molar-refractivity contribution in [2.75, 3.05) is 28.6 Å². The first kappa shape index (κ1) is 16.6. The number of aromatic nitrogens is 2. The van der Waals surface area contributed by atoms with E-state index in [1.54, 1.807) is 12.1 Å². The van der Waals surface area contributed by atoms with E-state index < -0.39 is 0 Å². The van der Waals surface area contributed by atoms with Crippen LogP contribution in [-0.2, 0) is 0 Å². The number of nitrogens with zero attached hydrogens (tertiary/aromatic N) is 3. The molecule has 2 amide bonds. The molecule has 26 heavy (non-hydrogen) atoms. The van der Waals surface area contributed by atoms with Crippen LogP contribution in [-0.4, -0.2) is 35.4 Å². The lowest BCUT2D eigenvalue weighted by Crippen LogP contribution is -2.30. The van der Waals surface area contributed by atoms with Gasteiger partial charge in [0.15, 0.2) is 11.6 Å². The van der Waals surface area contributed by atoms with Gasteiger partial charge in [-0.3, -0.25) is 5.32 Å². The molecule has 3 N–H and O–H groups in total. The second-order valence-electron chi connectivity index (χ2n) is 6.90. The lowest BCUT2D eigenvalue weighted by molar-refractivity contribution is 0.251. The van der Waals surface area contributed by atoms with E-state index >= 15 is 0 Å². The van der Waals surface area contributed by atoms with E-state index in [4.69, 9.17) is 0 Å². The number of hydrogen-bond acceptors (Lipinski definition) is 5. The van der Waals surface area contributed by atoms with Crippen LogP contribution in [0.25, 0.3) is 0 Å². The van der Waals surface area contributed by atoms with Crippen molar-refractivity contribution in [3.05, 3.63) is 36.4 Å². The summed E-state index contributed by atoms with van der Waals surface area (Å²) in [5.41, 5.74) is 2.23. The third-order valence-electron chi connectivity index (χ3n) is 4.68. The molecule has 1 aliphatic heterocycles. The molecule has 0 spiro atoms. The minimum atomic E-state index is -0.226. The fourth-order valence-corrected chi connectivity index (χ4v) is 3.09. The molecule has 1 aliphatic carbocycles. The normalized spacial score (nSPS) is 16.8. The lowest BCUT2D eigenvalue weighted by atomic mass is 10.1. The van der Waals surface area contributed by atoms with Crippen molar-refractivity contribution in [1.82, 2.24) is 15.5 Å². The number of rotatable bonds is 5. The summed E-state index contributed by atoms with van der Waals surface area (Å²) in [4.78, 5) is 14.1. The number of hydrogen-bond donors (Lipinski definition) is 3. The van der Waals surface area contributed by atoms with Crippen LogP contribution in [0.5, 0.6) is 0 Å². The molecule has 1 saturated carbocycles. The maximum Gasteiger partial charge on any atom is 0.320 e. The average molecular weight is 352 g/mol. The molecule has 136 valence electrons.